The Hall–Kier alpha value is -2.80. The Morgan fingerprint density at radius 1 is 1.17 bits per heavy atom. The number of amides is 1. The summed E-state index contributed by atoms with van der Waals surface area (Å²) in [5, 5.41) is 12.3. The van der Waals surface area contributed by atoms with Gasteiger partial charge in [0, 0.05) is 36.6 Å². The minimum Gasteiger partial charge on any atom is -0.465 e. The molecule has 0 unspecified atom stereocenters. The van der Waals surface area contributed by atoms with Crippen LogP contribution in [0.15, 0.2) is 48.9 Å². The van der Waals surface area contributed by atoms with Gasteiger partial charge in [-0.3, -0.25) is 19.6 Å². The molecule has 3 aromatic rings. The average Bonchev–Trinajstić information content (AvgIpc) is 3.10. The van der Waals surface area contributed by atoms with Crippen molar-refractivity contribution in [1.29, 1.82) is 0 Å². The summed E-state index contributed by atoms with van der Waals surface area (Å²) in [4.78, 5) is 16.8. The summed E-state index contributed by atoms with van der Waals surface area (Å²) in [7, 11) is 0. The van der Waals surface area contributed by atoms with Gasteiger partial charge in [0.1, 0.15) is 0 Å². The topological polar surface area (TPSA) is 61.6 Å². The highest BCUT2D eigenvalue weighted by Gasteiger charge is 2.17. The third-order valence-corrected chi connectivity index (χ3v) is 4.66. The SMILES string of the molecule is CCCCN(C(=O)O)c1ccc2c(ccn2N(CCC)c2ccncc2F)c1.Cl. The minimum atomic E-state index is -0.960. The van der Waals surface area contributed by atoms with Gasteiger partial charge in [0.2, 0.25) is 0 Å². The number of fused-ring (bicyclic) bond motifs is 1. The summed E-state index contributed by atoms with van der Waals surface area (Å²) in [6.45, 7) is 5.16. The molecule has 0 saturated heterocycles. The van der Waals surface area contributed by atoms with Crippen LogP contribution in [0.2, 0.25) is 0 Å². The Balaban J connectivity index is 0.00000300. The molecule has 0 atom stereocenters. The molecule has 0 aliphatic heterocycles. The molecule has 156 valence electrons. The van der Waals surface area contributed by atoms with E-state index in [9.17, 15) is 14.3 Å². The van der Waals surface area contributed by atoms with Crippen molar-refractivity contribution in [3.8, 4) is 0 Å². The number of halogens is 2. The van der Waals surface area contributed by atoms with Crippen LogP contribution >= 0.6 is 12.4 Å². The van der Waals surface area contributed by atoms with E-state index in [0.29, 0.717) is 24.5 Å². The molecule has 1 N–H and O–H groups in total. The third kappa shape index (κ3) is 4.79. The van der Waals surface area contributed by atoms with Crippen LogP contribution in [-0.2, 0) is 0 Å². The lowest BCUT2D eigenvalue weighted by molar-refractivity contribution is 0.201. The number of pyridine rings is 1. The van der Waals surface area contributed by atoms with E-state index >= 15 is 0 Å². The zero-order valence-electron chi connectivity index (χ0n) is 16.6. The van der Waals surface area contributed by atoms with Crippen molar-refractivity contribution in [2.75, 3.05) is 23.0 Å². The van der Waals surface area contributed by atoms with Crippen LogP contribution in [0.25, 0.3) is 10.9 Å². The average molecular weight is 421 g/mol. The maximum Gasteiger partial charge on any atom is 0.411 e. The van der Waals surface area contributed by atoms with Gasteiger partial charge in [-0.2, -0.15) is 0 Å². The summed E-state index contributed by atoms with van der Waals surface area (Å²) in [6.07, 6.45) is 6.26. The van der Waals surface area contributed by atoms with Crippen molar-refractivity contribution in [3.63, 3.8) is 0 Å². The minimum absolute atomic E-state index is 0. The normalized spacial score (nSPS) is 10.6. The number of anilines is 2. The van der Waals surface area contributed by atoms with Crippen molar-refractivity contribution in [2.45, 2.75) is 33.1 Å². The highest BCUT2D eigenvalue weighted by atomic mass is 35.5. The van der Waals surface area contributed by atoms with E-state index in [1.807, 2.05) is 47.9 Å². The smallest absolute Gasteiger partial charge is 0.411 e. The molecular weight excluding hydrogens is 395 g/mol. The van der Waals surface area contributed by atoms with Gasteiger partial charge >= 0.3 is 6.09 Å². The molecule has 6 nitrogen and oxygen atoms in total. The van der Waals surface area contributed by atoms with Crippen molar-refractivity contribution >= 4 is 40.8 Å². The van der Waals surface area contributed by atoms with E-state index in [1.165, 1.54) is 11.1 Å². The molecule has 2 aromatic heterocycles. The molecule has 0 bridgehead atoms. The number of carboxylic acid groups (broad SMARTS) is 1. The van der Waals surface area contributed by atoms with Gasteiger partial charge in [-0.25, -0.2) is 9.18 Å². The lowest BCUT2D eigenvalue weighted by atomic mass is 10.2. The summed E-state index contributed by atoms with van der Waals surface area (Å²) < 4.78 is 16.2. The van der Waals surface area contributed by atoms with Crippen LogP contribution in [0, 0.1) is 5.82 Å². The summed E-state index contributed by atoms with van der Waals surface area (Å²) >= 11 is 0. The standard InChI is InChI=1S/C21H25FN4O2.ClH/c1-3-5-12-24(21(27)28)17-6-7-19-16(14-17)9-13-26(19)25(11-4-2)20-8-10-23-15-18(20)22;/h6-10,13-15H,3-5,11-12H2,1-2H3,(H,27,28);1H. The number of aromatic nitrogens is 2. The molecule has 0 spiro atoms. The second-order valence-corrected chi connectivity index (χ2v) is 6.64. The Kier molecular flexibility index (Phi) is 7.84. The number of hydrogen-bond donors (Lipinski definition) is 1. The first-order valence-corrected chi connectivity index (χ1v) is 9.55. The van der Waals surface area contributed by atoms with E-state index in [4.69, 9.17) is 0 Å². The number of nitrogens with zero attached hydrogens (tertiary/aromatic N) is 4. The van der Waals surface area contributed by atoms with Gasteiger partial charge < -0.3 is 5.11 Å². The fourth-order valence-electron chi connectivity index (χ4n) is 3.28. The molecule has 1 amide bonds. The highest BCUT2D eigenvalue weighted by molar-refractivity contribution is 5.91. The van der Waals surface area contributed by atoms with Crippen molar-refractivity contribution in [3.05, 3.63) is 54.7 Å². The van der Waals surface area contributed by atoms with Crippen LogP contribution in [0.3, 0.4) is 0 Å². The molecule has 0 radical (unpaired) electrons. The molecule has 8 heteroatoms. The van der Waals surface area contributed by atoms with Crippen molar-refractivity contribution < 1.29 is 14.3 Å². The number of unbranched alkanes of at least 4 members (excludes halogenated alkanes) is 1. The van der Waals surface area contributed by atoms with Gasteiger partial charge in [0.25, 0.3) is 0 Å². The lowest BCUT2D eigenvalue weighted by Crippen LogP contribution is -2.31. The monoisotopic (exact) mass is 420 g/mol. The predicted octanol–water partition coefficient (Wildman–Crippen LogP) is 5.56. The van der Waals surface area contributed by atoms with E-state index < -0.39 is 6.09 Å². The van der Waals surface area contributed by atoms with Crippen LogP contribution in [-0.4, -0.2) is 33.9 Å². The zero-order valence-corrected chi connectivity index (χ0v) is 17.4. The summed E-state index contributed by atoms with van der Waals surface area (Å²) in [5.41, 5.74) is 1.98. The quantitative estimate of drug-likeness (QED) is 0.518. The molecular formula is C21H26ClFN4O2. The first-order chi connectivity index (χ1) is 13.6. The van der Waals surface area contributed by atoms with Gasteiger partial charge in [0.05, 0.1) is 17.4 Å². The van der Waals surface area contributed by atoms with Gasteiger partial charge in [0.15, 0.2) is 5.82 Å². The second-order valence-electron chi connectivity index (χ2n) is 6.64. The molecule has 0 aliphatic carbocycles. The molecule has 0 fully saturated rings. The number of rotatable bonds is 8. The van der Waals surface area contributed by atoms with E-state index in [-0.39, 0.29) is 18.2 Å². The summed E-state index contributed by atoms with van der Waals surface area (Å²) in [5.74, 6) is -0.383. The fourth-order valence-corrected chi connectivity index (χ4v) is 3.28. The van der Waals surface area contributed by atoms with E-state index in [0.717, 1.165) is 30.2 Å². The first kappa shape index (κ1) is 22.5. The van der Waals surface area contributed by atoms with E-state index in [1.54, 1.807) is 18.3 Å². The Morgan fingerprint density at radius 2 is 1.97 bits per heavy atom. The Bertz CT molecular complexity index is 963. The molecule has 3 rings (SSSR count). The van der Waals surface area contributed by atoms with Gasteiger partial charge in [-0.05, 0) is 43.2 Å². The third-order valence-electron chi connectivity index (χ3n) is 4.66. The highest BCUT2D eigenvalue weighted by Crippen LogP contribution is 2.27. The second kappa shape index (κ2) is 10.1. The number of carbonyl (C=O) groups is 1. The Labute approximate surface area is 175 Å². The maximum absolute atomic E-state index is 14.3. The first-order valence-electron chi connectivity index (χ1n) is 9.55. The van der Waals surface area contributed by atoms with Crippen LogP contribution in [0.4, 0.5) is 20.6 Å². The molecule has 0 saturated carbocycles. The van der Waals surface area contributed by atoms with Gasteiger partial charge in [-0.15, -0.1) is 12.4 Å². The maximum atomic E-state index is 14.3. The van der Waals surface area contributed by atoms with Crippen LogP contribution < -0.4 is 9.91 Å². The van der Waals surface area contributed by atoms with Crippen molar-refractivity contribution in [1.82, 2.24) is 9.66 Å². The fraction of sp³-hybridized carbons (Fsp3) is 0.333. The molecule has 0 aliphatic rings. The van der Waals surface area contributed by atoms with E-state index in [2.05, 4.69) is 4.98 Å². The Morgan fingerprint density at radius 3 is 2.62 bits per heavy atom. The molecule has 1 aromatic carbocycles. The lowest BCUT2D eigenvalue weighted by Gasteiger charge is -2.27. The zero-order chi connectivity index (χ0) is 20.1. The molecule has 2 heterocycles. The number of hydrogen-bond acceptors (Lipinski definition) is 3. The van der Waals surface area contributed by atoms with Crippen LogP contribution in [0.5, 0.6) is 0 Å². The molecule has 29 heavy (non-hydrogen) atoms. The predicted molar refractivity (Wildman–Crippen MR) is 117 cm³/mol. The summed E-state index contributed by atoms with van der Waals surface area (Å²) in [6, 6.07) is 9.12. The largest absolute Gasteiger partial charge is 0.465 e. The van der Waals surface area contributed by atoms with Crippen LogP contribution in [0.1, 0.15) is 33.1 Å². The van der Waals surface area contributed by atoms with Gasteiger partial charge in [-0.1, -0.05) is 20.3 Å². The number of benzene rings is 1. The van der Waals surface area contributed by atoms with Crippen molar-refractivity contribution in [2.24, 2.45) is 0 Å².